The smallest absolute Gasteiger partial charge is 0.315 e. The first-order valence-corrected chi connectivity index (χ1v) is 10.5. The van der Waals surface area contributed by atoms with Crippen LogP contribution in [0.25, 0.3) is 10.2 Å². The first-order chi connectivity index (χ1) is 14.2. The average Bonchev–Trinajstić information content (AvgIpc) is 3.42. The molecule has 150 valence electrons. The van der Waals surface area contributed by atoms with Crippen molar-refractivity contribution in [3.8, 4) is 16.7 Å². The first-order valence-electron chi connectivity index (χ1n) is 9.72. The topological polar surface area (TPSA) is 80.9 Å². The van der Waals surface area contributed by atoms with Crippen LogP contribution in [-0.4, -0.2) is 59.1 Å². The van der Waals surface area contributed by atoms with E-state index in [-0.39, 0.29) is 12.1 Å². The maximum atomic E-state index is 11.4. The number of aromatic nitrogens is 1. The van der Waals surface area contributed by atoms with Crippen molar-refractivity contribution < 1.29 is 14.3 Å². The molecule has 29 heavy (non-hydrogen) atoms. The molecule has 1 aromatic heterocycles. The molecule has 2 bridgehead atoms. The van der Waals surface area contributed by atoms with Gasteiger partial charge in [0.15, 0.2) is 0 Å². The van der Waals surface area contributed by atoms with Crippen LogP contribution in [0, 0.1) is 0 Å². The minimum absolute atomic E-state index is 0.261. The van der Waals surface area contributed by atoms with E-state index in [0.29, 0.717) is 17.8 Å². The zero-order valence-corrected chi connectivity index (χ0v) is 16.7. The number of nitrogens with zero attached hydrogens (tertiary/aromatic N) is 3. The van der Waals surface area contributed by atoms with E-state index < -0.39 is 0 Å². The number of likely N-dealkylation sites (tertiary alicyclic amines) is 2. The van der Waals surface area contributed by atoms with Crippen LogP contribution >= 0.6 is 11.3 Å². The second kappa shape index (κ2) is 7.53. The van der Waals surface area contributed by atoms with Crippen LogP contribution in [0.4, 0.5) is 4.79 Å². The van der Waals surface area contributed by atoms with E-state index in [1.165, 1.54) is 11.3 Å². The van der Waals surface area contributed by atoms with Crippen LogP contribution in [0.5, 0.6) is 16.7 Å². The summed E-state index contributed by atoms with van der Waals surface area (Å²) in [5.74, 6) is 1.55. The molecule has 2 N–H and O–H groups in total. The molecule has 0 saturated carbocycles. The molecular formula is C21H22N4O3S. The van der Waals surface area contributed by atoms with Gasteiger partial charge in [-0.1, -0.05) is 23.5 Å². The van der Waals surface area contributed by atoms with E-state index in [1.54, 1.807) is 4.90 Å². The molecule has 2 aliphatic heterocycles. The number of amides is 2. The van der Waals surface area contributed by atoms with Crippen molar-refractivity contribution in [1.82, 2.24) is 14.8 Å². The Kier molecular flexibility index (Phi) is 4.73. The van der Waals surface area contributed by atoms with Crippen molar-refractivity contribution in [3.05, 3.63) is 48.5 Å². The Balaban J connectivity index is 1.11. The Labute approximate surface area is 172 Å². The lowest BCUT2D eigenvalue weighted by Crippen LogP contribution is -2.51. The van der Waals surface area contributed by atoms with Crippen molar-refractivity contribution in [2.24, 2.45) is 5.73 Å². The second-order valence-corrected chi connectivity index (χ2v) is 8.39. The fraction of sp³-hybridized carbons (Fsp3) is 0.333. The van der Waals surface area contributed by atoms with Gasteiger partial charge in [0.2, 0.25) is 0 Å². The second-order valence-electron chi connectivity index (χ2n) is 7.40. The summed E-state index contributed by atoms with van der Waals surface area (Å²) in [5.41, 5.74) is 6.36. The summed E-state index contributed by atoms with van der Waals surface area (Å²) in [4.78, 5) is 20.0. The number of urea groups is 1. The molecule has 2 atom stereocenters. The highest BCUT2D eigenvalue weighted by Gasteiger charge is 2.44. The van der Waals surface area contributed by atoms with Crippen molar-refractivity contribution in [2.45, 2.75) is 18.5 Å². The van der Waals surface area contributed by atoms with Gasteiger partial charge in [0.25, 0.3) is 5.19 Å². The summed E-state index contributed by atoms with van der Waals surface area (Å²) >= 11 is 1.53. The minimum atomic E-state index is -0.304. The van der Waals surface area contributed by atoms with E-state index >= 15 is 0 Å². The predicted molar refractivity (Wildman–Crippen MR) is 112 cm³/mol. The fourth-order valence-corrected chi connectivity index (χ4v) is 5.01. The van der Waals surface area contributed by atoms with E-state index in [9.17, 15) is 4.79 Å². The number of carbonyl (C=O) groups is 1. The largest absolute Gasteiger partial charge is 0.492 e. The lowest BCUT2D eigenvalue weighted by Gasteiger charge is -2.33. The number of para-hydroxylation sites is 1. The van der Waals surface area contributed by atoms with Crippen LogP contribution in [-0.2, 0) is 0 Å². The molecule has 0 radical (unpaired) electrons. The summed E-state index contributed by atoms with van der Waals surface area (Å²) in [7, 11) is 0. The van der Waals surface area contributed by atoms with Gasteiger partial charge >= 0.3 is 6.03 Å². The van der Waals surface area contributed by atoms with Gasteiger partial charge in [0, 0.05) is 31.7 Å². The van der Waals surface area contributed by atoms with Crippen molar-refractivity contribution in [3.63, 3.8) is 0 Å². The minimum Gasteiger partial charge on any atom is -0.492 e. The zero-order chi connectivity index (χ0) is 19.8. The number of piperazine rings is 1. The molecule has 2 amide bonds. The third-order valence-corrected chi connectivity index (χ3v) is 6.50. The maximum Gasteiger partial charge on any atom is 0.315 e. The highest BCUT2D eigenvalue weighted by molar-refractivity contribution is 7.20. The number of fused-ring (bicyclic) bond motifs is 3. The van der Waals surface area contributed by atoms with Crippen molar-refractivity contribution >= 4 is 27.6 Å². The van der Waals surface area contributed by atoms with Crippen LogP contribution in [0.3, 0.4) is 0 Å². The van der Waals surface area contributed by atoms with E-state index in [2.05, 4.69) is 9.88 Å². The summed E-state index contributed by atoms with van der Waals surface area (Å²) in [5, 5.41) is 0.633. The van der Waals surface area contributed by atoms with Gasteiger partial charge in [-0.05, 0) is 42.8 Å². The summed E-state index contributed by atoms with van der Waals surface area (Å²) in [6, 6.07) is 16.0. The third-order valence-electron chi connectivity index (χ3n) is 5.59. The molecule has 1 unspecified atom stereocenters. The van der Waals surface area contributed by atoms with Crippen LogP contribution in [0.15, 0.2) is 48.5 Å². The number of benzene rings is 2. The number of carbonyl (C=O) groups excluding carboxylic acids is 1. The third kappa shape index (κ3) is 3.73. The lowest BCUT2D eigenvalue weighted by atomic mass is 10.2. The molecule has 2 fully saturated rings. The Bertz CT molecular complexity index is 989. The Morgan fingerprint density at radius 3 is 2.62 bits per heavy atom. The normalized spacial score (nSPS) is 21.0. The lowest BCUT2D eigenvalue weighted by molar-refractivity contribution is 0.127. The van der Waals surface area contributed by atoms with Gasteiger partial charge in [-0.25, -0.2) is 9.78 Å². The Morgan fingerprint density at radius 2 is 1.90 bits per heavy atom. The standard InChI is InChI=1S/C21H22N4O3S/c22-20(26)25-13-14-11-15(25)12-24(14)9-10-27-16-5-7-17(8-6-16)28-21-23-18-3-1-2-4-19(18)29-21/h1-8,14-15H,9-13H2,(H2,22,26)/t14?,15-/m0/s1. The molecule has 2 aromatic carbocycles. The number of nitrogens with two attached hydrogens (primary N) is 1. The Morgan fingerprint density at radius 1 is 1.10 bits per heavy atom. The number of primary amides is 1. The van der Waals surface area contributed by atoms with Gasteiger partial charge in [0.05, 0.1) is 10.2 Å². The quantitative estimate of drug-likeness (QED) is 0.674. The molecule has 3 aromatic rings. The zero-order valence-electron chi connectivity index (χ0n) is 15.9. The van der Waals surface area contributed by atoms with Crippen LogP contribution in [0.1, 0.15) is 6.42 Å². The van der Waals surface area contributed by atoms with Gasteiger partial charge in [0.1, 0.15) is 18.1 Å². The first kappa shape index (κ1) is 18.2. The molecule has 0 spiro atoms. The van der Waals surface area contributed by atoms with Gasteiger partial charge < -0.3 is 20.1 Å². The predicted octanol–water partition coefficient (Wildman–Crippen LogP) is 3.30. The molecule has 2 aliphatic rings. The van der Waals surface area contributed by atoms with Gasteiger partial charge in [-0.2, -0.15) is 0 Å². The maximum absolute atomic E-state index is 11.4. The Hall–Kier alpha value is -2.84. The molecular weight excluding hydrogens is 388 g/mol. The monoisotopic (exact) mass is 410 g/mol. The van der Waals surface area contributed by atoms with E-state index in [1.807, 2.05) is 48.5 Å². The molecule has 8 heteroatoms. The molecule has 3 heterocycles. The summed E-state index contributed by atoms with van der Waals surface area (Å²) < 4.78 is 12.9. The van der Waals surface area contributed by atoms with Crippen LogP contribution in [0.2, 0.25) is 0 Å². The van der Waals surface area contributed by atoms with E-state index in [0.717, 1.165) is 47.8 Å². The highest BCUT2D eigenvalue weighted by Crippen LogP contribution is 2.32. The van der Waals surface area contributed by atoms with Crippen LogP contribution < -0.4 is 15.2 Å². The summed E-state index contributed by atoms with van der Waals surface area (Å²) in [6.45, 7) is 3.07. The summed E-state index contributed by atoms with van der Waals surface area (Å²) in [6.07, 6.45) is 1.01. The number of thiazole rings is 1. The van der Waals surface area contributed by atoms with Crippen molar-refractivity contribution in [1.29, 1.82) is 0 Å². The molecule has 7 nitrogen and oxygen atoms in total. The molecule has 2 saturated heterocycles. The number of ether oxygens (including phenoxy) is 2. The highest BCUT2D eigenvalue weighted by atomic mass is 32.1. The van der Waals surface area contributed by atoms with Gasteiger partial charge in [-0.15, -0.1) is 0 Å². The SMILES string of the molecule is NC(=O)N1CC2C[C@H]1CN2CCOc1ccc(Oc2nc3ccccc3s2)cc1. The number of rotatable bonds is 6. The van der Waals surface area contributed by atoms with Gasteiger partial charge in [-0.3, -0.25) is 4.90 Å². The average molecular weight is 410 g/mol. The number of hydrogen-bond donors (Lipinski definition) is 1. The van der Waals surface area contributed by atoms with E-state index in [4.69, 9.17) is 15.2 Å². The molecule has 5 rings (SSSR count). The fourth-order valence-electron chi connectivity index (χ4n) is 4.17. The molecule has 0 aliphatic carbocycles. The van der Waals surface area contributed by atoms with Crippen molar-refractivity contribution in [2.75, 3.05) is 26.2 Å². The number of hydrogen-bond acceptors (Lipinski definition) is 6.